The lowest BCUT2D eigenvalue weighted by atomic mass is 10.1. The van der Waals surface area contributed by atoms with Crippen molar-refractivity contribution in [3.05, 3.63) is 22.4 Å². The van der Waals surface area contributed by atoms with Crippen molar-refractivity contribution in [3.8, 4) is 0 Å². The number of hydrogen-bond acceptors (Lipinski definition) is 3. The van der Waals surface area contributed by atoms with Crippen LogP contribution in [0.4, 0.5) is 0 Å². The van der Waals surface area contributed by atoms with Gasteiger partial charge in [0.1, 0.15) is 0 Å². The van der Waals surface area contributed by atoms with Crippen LogP contribution in [0, 0.1) is 0 Å². The fraction of sp³-hybridized carbons (Fsp3) is 0.583. The molecule has 1 aliphatic rings. The fourth-order valence-corrected chi connectivity index (χ4v) is 2.65. The van der Waals surface area contributed by atoms with Gasteiger partial charge >= 0.3 is 0 Å². The zero-order chi connectivity index (χ0) is 11.2. The Morgan fingerprint density at radius 3 is 3.19 bits per heavy atom. The van der Waals surface area contributed by atoms with Gasteiger partial charge in [-0.25, -0.2) is 0 Å². The van der Waals surface area contributed by atoms with E-state index >= 15 is 0 Å². The van der Waals surface area contributed by atoms with Crippen molar-refractivity contribution < 1.29 is 4.79 Å². The lowest BCUT2D eigenvalue weighted by Crippen LogP contribution is -2.43. The summed E-state index contributed by atoms with van der Waals surface area (Å²) >= 11 is 1.64. The summed E-state index contributed by atoms with van der Waals surface area (Å²) in [6.07, 6.45) is 4.23. The van der Waals surface area contributed by atoms with E-state index in [1.165, 1.54) is 19.3 Å². The average Bonchev–Trinajstić information content (AvgIpc) is 2.81. The number of thiophene rings is 1. The van der Waals surface area contributed by atoms with Gasteiger partial charge in [0, 0.05) is 12.6 Å². The minimum absolute atomic E-state index is 0.130. The second-order valence-electron chi connectivity index (χ2n) is 4.26. The molecule has 0 aromatic carbocycles. The topological polar surface area (TPSA) is 41.1 Å². The molecule has 0 saturated carbocycles. The van der Waals surface area contributed by atoms with Crippen LogP contribution in [0.25, 0.3) is 0 Å². The van der Waals surface area contributed by atoms with Crippen LogP contribution in [-0.2, 0) is 11.2 Å². The summed E-state index contributed by atoms with van der Waals surface area (Å²) in [6, 6.07) is 2.48. The zero-order valence-corrected chi connectivity index (χ0v) is 10.2. The predicted octanol–water partition coefficient (Wildman–Crippen LogP) is 1.55. The summed E-state index contributed by atoms with van der Waals surface area (Å²) in [5.74, 6) is 0.130. The van der Waals surface area contributed by atoms with Crippen molar-refractivity contribution in [2.75, 3.05) is 13.1 Å². The summed E-state index contributed by atoms with van der Waals surface area (Å²) in [4.78, 5) is 11.6. The number of hydrogen-bond donors (Lipinski definition) is 2. The maximum Gasteiger partial charge on any atom is 0.224 e. The second kappa shape index (κ2) is 6.01. The van der Waals surface area contributed by atoms with Gasteiger partial charge in [0.25, 0.3) is 0 Å². The molecule has 88 valence electrons. The fourth-order valence-electron chi connectivity index (χ4n) is 1.98. The Hall–Kier alpha value is -0.870. The zero-order valence-electron chi connectivity index (χ0n) is 9.37. The quantitative estimate of drug-likeness (QED) is 0.835. The molecule has 1 aromatic heterocycles. The summed E-state index contributed by atoms with van der Waals surface area (Å²) < 4.78 is 0. The molecule has 1 amide bonds. The Kier molecular flexibility index (Phi) is 4.36. The van der Waals surface area contributed by atoms with Crippen LogP contribution in [0.2, 0.25) is 0 Å². The Bertz CT molecular complexity index is 318. The molecule has 0 aliphatic carbocycles. The van der Waals surface area contributed by atoms with Gasteiger partial charge in [-0.15, -0.1) is 0 Å². The van der Waals surface area contributed by atoms with Crippen molar-refractivity contribution in [2.45, 2.75) is 31.7 Å². The average molecular weight is 238 g/mol. The number of carbonyl (C=O) groups excluding carboxylic acids is 1. The first-order chi connectivity index (χ1) is 7.84. The monoisotopic (exact) mass is 238 g/mol. The van der Waals surface area contributed by atoms with E-state index in [9.17, 15) is 4.79 Å². The molecule has 1 saturated heterocycles. The molecule has 2 heterocycles. The third-order valence-electron chi connectivity index (χ3n) is 2.90. The van der Waals surface area contributed by atoms with Crippen LogP contribution < -0.4 is 10.6 Å². The summed E-state index contributed by atoms with van der Waals surface area (Å²) in [5.41, 5.74) is 1.11. The summed E-state index contributed by atoms with van der Waals surface area (Å²) in [6.45, 7) is 1.86. The second-order valence-corrected chi connectivity index (χ2v) is 5.04. The van der Waals surface area contributed by atoms with Crippen LogP contribution in [0.3, 0.4) is 0 Å². The molecule has 0 radical (unpaired) electrons. The summed E-state index contributed by atoms with van der Waals surface area (Å²) in [7, 11) is 0. The van der Waals surface area contributed by atoms with E-state index in [4.69, 9.17) is 0 Å². The Balaban J connectivity index is 1.67. The van der Waals surface area contributed by atoms with Gasteiger partial charge < -0.3 is 10.6 Å². The van der Waals surface area contributed by atoms with Crippen LogP contribution in [0.5, 0.6) is 0 Å². The molecular weight excluding hydrogens is 220 g/mol. The highest BCUT2D eigenvalue weighted by atomic mass is 32.1. The molecule has 1 unspecified atom stereocenters. The van der Waals surface area contributed by atoms with Crippen LogP contribution in [0.1, 0.15) is 24.8 Å². The van der Waals surface area contributed by atoms with Crippen LogP contribution in [-0.4, -0.2) is 25.0 Å². The molecule has 16 heavy (non-hydrogen) atoms. The predicted molar refractivity (Wildman–Crippen MR) is 66.7 cm³/mol. The van der Waals surface area contributed by atoms with Gasteiger partial charge in [-0.3, -0.25) is 4.79 Å². The van der Waals surface area contributed by atoms with Gasteiger partial charge in [-0.1, -0.05) is 6.42 Å². The minimum atomic E-state index is 0.130. The third kappa shape index (κ3) is 3.61. The number of piperidine rings is 1. The maximum absolute atomic E-state index is 11.6. The number of rotatable bonds is 4. The molecule has 0 bridgehead atoms. The van der Waals surface area contributed by atoms with Crippen molar-refractivity contribution in [2.24, 2.45) is 0 Å². The number of amides is 1. The largest absolute Gasteiger partial charge is 0.354 e. The Labute approximate surface area is 100 Å². The minimum Gasteiger partial charge on any atom is -0.354 e. The van der Waals surface area contributed by atoms with E-state index < -0.39 is 0 Å². The molecule has 3 nitrogen and oxygen atoms in total. The molecule has 4 heteroatoms. The Morgan fingerprint density at radius 1 is 1.56 bits per heavy atom. The van der Waals surface area contributed by atoms with E-state index in [1.54, 1.807) is 11.3 Å². The third-order valence-corrected chi connectivity index (χ3v) is 3.63. The number of nitrogens with one attached hydrogen (secondary N) is 2. The highest BCUT2D eigenvalue weighted by Gasteiger charge is 2.13. The number of carbonyl (C=O) groups is 1. The molecule has 0 spiro atoms. The maximum atomic E-state index is 11.6. The highest BCUT2D eigenvalue weighted by molar-refractivity contribution is 7.07. The molecule has 1 fully saturated rings. The molecular formula is C12H18N2OS. The molecule has 1 aliphatic heterocycles. The van der Waals surface area contributed by atoms with E-state index in [0.717, 1.165) is 18.7 Å². The van der Waals surface area contributed by atoms with Crippen molar-refractivity contribution in [1.82, 2.24) is 10.6 Å². The smallest absolute Gasteiger partial charge is 0.224 e. The molecule has 1 aromatic rings. The van der Waals surface area contributed by atoms with E-state index in [-0.39, 0.29) is 5.91 Å². The highest BCUT2D eigenvalue weighted by Crippen LogP contribution is 2.07. The van der Waals surface area contributed by atoms with Gasteiger partial charge in [0.15, 0.2) is 0 Å². The lowest BCUT2D eigenvalue weighted by molar-refractivity contribution is -0.120. The normalized spacial score (nSPS) is 20.6. The summed E-state index contributed by atoms with van der Waals surface area (Å²) in [5, 5.41) is 10.4. The van der Waals surface area contributed by atoms with Gasteiger partial charge in [-0.2, -0.15) is 11.3 Å². The first-order valence-electron chi connectivity index (χ1n) is 5.86. The van der Waals surface area contributed by atoms with Crippen molar-refractivity contribution in [1.29, 1.82) is 0 Å². The first kappa shape index (κ1) is 11.6. The van der Waals surface area contributed by atoms with Gasteiger partial charge in [0.05, 0.1) is 6.42 Å². The van der Waals surface area contributed by atoms with Crippen molar-refractivity contribution in [3.63, 3.8) is 0 Å². The van der Waals surface area contributed by atoms with Crippen LogP contribution in [0.15, 0.2) is 16.8 Å². The molecule has 2 N–H and O–H groups in total. The molecule has 2 rings (SSSR count). The van der Waals surface area contributed by atoms with E-state index in [0.29, 0.717) is 12.5 Å². The first-order valence-corrected chi connectivity index (χ1v) is 6.80. The Morgan fingerprint density at radius 2 is 2.50 bits per heavy atom. The van der Waals surface area contributed by atoms with Gasteiger partial charge in [0.2, 0.25) is 5.91 Å². The molecule has 1 atom stereocenters. The lowest BCUT2D eigenvalue weighted by Gasteiger charge is -2.23. The van der Waals surface area contributed by atoms with Gasteiger partial charge in [-0.05, 0) is 41.8 Å². The standard InChI is InChI=1S/C12H18N2OS/c15-12(7-10-4-6-16-9-10)14-8-11-3-1-2-5-13-11/h4,6,9,11,13H,1-3,5,7-8H2,(H,14,15). The van der Waals surface area contributed by atoms with E-state index in [1.807, 2.05) is 16.8 Å². The van der Waals surface area contributed by atoms with E-state index in [2.05, 4.69) is 10.6 Å². The SMILES string of the molecule is O=C(Cc1ccsc1)NCC1CCCCN1. The van der Waals surface area contributed by atoms with Crippen molar-refractivity contribution >= 4 is 17.2 Å². The van der Waals surface area contributed by atoms with Crippen LogP contribution >= 0.6 is 11.3 Å².